The molecule has 2 aliphatic heterocycles. The number of rotatable bonds is 5. The molecule has 0 aromatic rings. The Balaban J connectivity index is 2.25. The molecule has 1 unspecified atom stereocenters. The molecule has 2 bridgehead atoms. The SMILES string of the molecule is CC(=O)OC1CC(=O)O[C@@H]2C[C@@H](CC/C(Cl)=C/C/C=C/1O)O[C@@H]2[C@H](O)/C=C(\C)CC(=O)O. The Hall–Kier alpha value is -2.36. The van der Waals surface area contributed by atoms with E-state index in [-0.39, 0.29) is 24.7 Å². The van der Waals surface area contributed by atoms with Gasteiger partial charge in [-0.1, -0.05) is 29.3 Å². The second-order valence-corrected chi connectivity index (χ2v) is 8.40. The minimum absolute atomic E-state index is 0.242. The predicted octanol–water partition coefficient (Wildman–Crippen LogP) is 2.91. The zero-order valence-corrected chi connectivity index (χ0v) is 18.8. The average molecular weight is 473 g/mol. The third-order valence-electron chi connectivity index (χ3n) is 5.08. The highest BCUT2D eigenvalue weighted by atomic mass is 35.5. The highest BCUT2D eigenvalue weighted by Crippen LogP contribution is 2.31. The quantitative estimate of drug-likeness (QED) is 0.407. The van der Waals surface area contributed by atoms with Crippen LogP contribution in [-0.4, -0.2) is 63.7 Å². The maximum absolute atomic E-state index is 12.6. The van der Waals surface area contributed by atoms with E-state index in [1.807, 2.05) is 0 Å². The van der Waals surface area contributed by atoms with Gasteiger partial charge >= 0.3 is 17.9 Å². The van der Waals surface area contributed by atoms with Gasteiger partial charge in [-0.05, 0) is 32.3 Å². The summed E-state index contributed by atoms with van der Waals surface area (Å²) in [7, 11) is 0. The van der Waals surface area contributed by atoms with Crippen molar-refractivity contribution in [3.05, 3.63) is 34.6 Å². The maximum atomic E-state index is 12.6. The molecule has 3 N–H and O–H groups in total. The van der Waals surface area contributed by atoms with Gasteiger partial charge in [-0.25, -0.2) is 0 Å². The van der Waals surface area contributed by atoms with Crippen LogP contribution in [0.1, 0.15) is 52.4 Å². The number of carboxylic acids is 1. The Morgan fingerprint density at radius 1 is 1.34 bits per heavy atom. The van der Waals surface area contributed by atoms with Crippen molar-refractivity contribution in [3.8, 4) is 0 Å². The molecular formula is C22H29ClO9. The third-order valence-corrected chi connectivity index (χ3v) is 5.42. The second-order valence-electron chi connectivity index (χ2n) is 7.92. The van der Waals surface area contributed by atoms with E-state index in [0.29, 0.717) is 29.9 Å². The lowest BCUT2D eigenvalue weighted by Gasteiger charge is -2.23. The summed E-state index contributed by atoms with van der Waals surface area (Å²) in [5, 5.41) is 30.3. The molecule has 1 fully saturated rings. The molecule has 0 aromatic carbocycles. The first-order valence-corrected chi connectivity index (χ1v) is 10.8. The van der Waals surface area contributed by atoms with E-state index < -0.39 is 48.7 Å². The summed E-state index contributed by atoms with van der Waals surface area (Å²) < 4.78 is 16.5. The molecule has 0 saturated carbocycles. The van der Waals surface area contributed by atoms with Crippen LogP contribution in [0.15, 0.2) is 34.6 Å². The van der Waals surface area contributed by atoms with Gasteiger partial charge in [0.05, 0.1) is 18.9 Å². The molecule has 0 amide bonds. The van der Waals surface area contributed by atoms with Crippen molar-refractivity contribution in [3.63, 3.8) is 0 Å². The highest BCUT2D eigenvalue weighted by Gasteiger charge is 2.41. The third kappa shape index (κ3) is 8.29. The van der Waals surface area contributed by atoms with Crippen molar-refractivity contribution in [2.45, 2.75) is 82.9 Å². The lowest BCUT2D eigenvalue weighted by molar-refractivity contribution is -0.160. The second kappa shape index (κ2) is 12.0. The van der Waals surface area contributed by atoms with E-state index in [0.717, 1.165) is 6.92 Å². The minimum Gasteiger partial charge on any atom is -0.509 e. The lowest BCUT2D eigenvalue weighted by atomic mass is 10.0. The van der Waals surface area contributed by atoms with E-state index in [1.54, 1.807) is 13.0 Å². The fourth-order valence-corrected chi connectivity index (χ4v) is 3.86. The molecule has 2 rings (SSSR count). The van der Waals surface area contributed by atoms with Gasteiger partial charge in [0, 0.05) is 18.4 Å². The van der Waals surface area contributed by atoms with Gasteiger partial charge in [-0.15, -0.1) is 0 Å². The molecule has 0 radical (unpaired) electrons. The van der Waals surface area contributed by atoms with Crippen molar-refractivity contribution >= 4 is 29.5 Å². The number of ether oxygens (including phenoxy) is 3. The number of halogens is 1. The molecule has 10 heteroatoms. The van der Waals surface area contributed by atoms with Gasteiger partial charge < -0.3 is 29.5 Å². The molecule has 9 nitrogen and oxygen atoms in total. The number of esters is 2. The first-order chi connectivity index (χ1) is 15.0. The average Bonchev–Trinajstić information content (AvgIpc) is 3.06. The Morgan fingerprint density at radius 2 is 2.06 bits per heavy atom. The number of carbonyl (C=O) groups excluding carboxylic acids is 2. The normalized spacial score (nSPS) is 31.9. The summed E-state index contributed by atoms with van der Waals surface area (Å²) in [4.78, 5) is 34.8. The first-order valence-electron chi connectivity index (χ1n) is 10.4. The van der Waals surface area contributed by atoms with Gasteiger partial charge in [0.15, 0.2) is 6.10 Å². The number of aliphatic carboxylic acids is 1. The number of carboxylic acid groups (broad SMARTS) is 1. The maximum Gasteiger partial charge on any atom is 0.310 e. The number of hydrogen-bond acceptors (Lipinski definition) is 8. The summed E-state index contributed by atoms with van der Waals surface area (Å²) in [6.45, 7) is 2.73. The molecule has 2 heterocycles. The van der Waals surface area contributed by atoms with Crippen LogP contribution in [0.25, 0.3) is 0 Å². The summed E-state index contributed by atoms with van der Waals surface area (Å²) >= 11 is 6.24. The minimum atomic E-state index is -1.21. The smallest absolute Gasteiger partial charge is 0.310 e. The summed E-state index contributed by atoms with van der Waals surface area (Å²) in [5.41, 5.74) is 0.434. The van der Waals surface area contributed by atoms with Gasteiger partial charge in [0.2, 0.25) is 0 Å². The van der Waals surface area contributed by atoms with Crippen LogP contribution in [0.2, 0.25) is 0 Å². The predicted molar refractivity (Wildman–Crippen MR) is 114 cm³/mol. The van der Waals surface area contributed by atoms with Crippen molar-refractivity contribution < 1.29 is 43.9 Å². The van der Waals surface area contributed by atoms with Crippen LogP contribution in [0.4, 0.5) is 0 Å². The number of fused-ring (bicyclic) bond motifs is 2. The summed E-state index contributed by atoms with van der Waals surface area (Å²) in [6.07, 6.45) is 0.940. The summed E-state index contributed by atoms with van der Waals surface area (Å²) in [5.74, 6) is -2.73. The zero-order chi connectivity index (χ0) is 23.8. The first kappa shape index (κ1) is 25.9. The van der Waals surface area contributed by atoms with E-state index in [1.165, 1.54) is 12.2 Å². The molecule has 178 valence electrons. The van der Waals surface area contributed by atoms with Crippen LogP contribution >= 0.6 is 11.6 Å². The van der Waals surface area contributed by atoms with Gasteiger partial charge in [0.25, 0.3) is 0 Å². The number of allylic oxidation sites excluding steroid dienone is 3. The fourth-order valence-electron chi connectivity index (χ4n) is 3.66. The number of hydrogen-bond donors (Lipinski definition) is 3. The zero-order valence-electron chi connectivity index (χ0n) is 18.0. The molecule has 0 aliphatic carbocycles. The highest BCUT2D eigenvalue weighted by molar-refractivity contribution is 6.29. The molecule has 2 aliphatic rings. The standard InChI is InChI=1S/C22H29ClO9/c1-12(9-20(27)28)8-17(26)22-19-10-15(31-22)7-6-14(23)4-3-5-16(25)18(30-13(2)24)11-21(29)32-19/h4-5,8,15,17-19,22,25-26H,3,6-7,9-11H2,1-2H3,(H,27,28)/b12-8+,14-4-,16-5-/t15-,17-,18?,19-,22-/m1/s1. The Kier molecular flexibility index (Phi) is 9.74. The Labute approximate surface area is 191 Å². The number of aliphatic hydroxyl groups is 2. The van der Waals surface area contributed by atoms with Crippen molar-refractivity contribution in [2.75, 3.05) is 0 Å². The molecule has 32 heavy (non-hydrogen) atoms. The number of aliphatic hydroxyl groups excluding tert-OH is 2. The van der Waals surface area contributed by atoms with Crippen LogP contribution in [0.3, 0.4) is 0 Å². The van der Waals surface area contributed by atoms with Gasteiger partial charge in [-0.3, -0.25) is 14.4 Å². The van der Waals surface area contributed by atoms with Crippen LogP contribution in [0, 0.1) is 0 Å². The fraction of sp³-hybridized carbons (Fsp3) is 0.591. The van der Waals surface area contributed by atoms with Gasteiger partial charge in [-0.2, -0.15) is 0 Å². The lowest BCUT2D eigenvalue weighted by Crippen LogP contribution is -2.37. The van der Waals surface area contributed by atoms with Gasteiger partial charge in [0.1, 0.15) is 24.1 Å². The molecule has 0 spiro atoms. The van der Waals surface area contributed by atoms with E-state index >= 15 is 0 Å². The van der Waals surface area contributed by atoms with Crippen LogP contribution in [-0.2, 0) is 28.6 Å². The molecule has 0 aromatic heterocycles. The Morgan fingerprint density at radius 3 is 2.72 bits per heavy atom. The van der Waals surface area contributed by atoms with Crippen molar-refractivity contribution in [1.29, 1.82) is 0 Å². The largest absolute Gasteiger partial charge is 0.509 e. The van der Waals surface area contributed by atoms with Crippen molar-refractivity contribution in [2.24, 2.45) is 0 Å². The van der Waals surface area contributed by atoms with Crippen LogP contribution in [0.5, 0.6) is 0 Å². The Bertz CT molecular complexity index is 801. The molecule has 1 saturated heterocycles. The van der Waals surface area contributed by atoms with E-state index in [9.17, 15) is 24.6 Å². The van der Waals surface area contributed by atoms with Crippen LogP contribution < -0.4 is 0 Å². The molecular weight excluding hydrogens is 444 g/mol. The monoisotopic (exact) mass is 472 g/mol. The van der Waals surface area contributed by atoms with Crippen molar-refractivity contribution in [1.82, 2.24) is 0 Å². The number of carbonyl (C=O) groups is 3. The van der Waals surface area contributed by atoms with E-state index in [2.05, 4.69) is 0 Å². The molecule has 5 atom stereocenters. The summed E-state index contributed by atoms with van der Waals surface area (Å²) in [6, 6.07) is 0. The van der Waals surface area contributed by atoms with E-state index in [4.69, 9.17) is 30.9 Å². The topological polar surface area (TPSA) is 140 Å².